The minimum absolute atomic E-state index is 0.101. The molecule has 154 valence electrons. The average Bonchev–Trinajstić information content (AvgIpc) is 3.07. The molecule has 0 spiro atoms. The molecular formula is C18H15F5N4O2. The van der Waals surface area contributed by atoms with Crippen molar-refractivity contribution in [1.29, 1.82) is 0 Å². The molecule has 0 atom stereocenters. The number of aromatic nitrogens is 4. The zero-order valence-corrected chi connectivity index (χ0v) is 15.3. The van der Waals surface area contributed by atoms with Gasteiger partial charge in [-0.2, -0.15) is 18.2 Å². The van der Waals surface area contributed by atoms with Gasteiger partial charge in [0.15, 0.2) is 11.6 Å². The molecule has 0 aliphatic rings. The van der Waals surface area contributed by atoms with Crippen molar-refractivity contribution in [3.63, 3.8) is 0 Å². The Bertz CT molecular complexity index is 1080. The number of hydrogen-bond donors (Lipinski definition) is 0. The molecule has 1 aromatic carbocycles. The molecule has 0 radical (unpaired) electrons. The smallest absolute Gasteiger partial charge is 0.453 e. The highest BCUT2D eigenvalue weighted by molar-refractivity contribution is 5.69. The number of alkyl halides is 3. The van der Waals surface area contributed by atoms with E-state index in [9.17, 15) is 26.7 Å². The lowest BCUT2D eigenvalue weighted by Gasteiger charge is -2.10. The van der Waals surface area contributed by atoms with Crippen molar-refractivity contribution in [2.24, 2.45) is 0 Å². The quantitative estimate of drug-likeness (QED) is 0.470. The van der Waals surface area contributed by atoms with Gasteiger partial charge in [0, 0.05) is 23.4 Å². The van der Waals surface area contributed by atoms with Crippen molar-refractivity contribution in [2.45, 2.75) is 39.5 Å². The standard InChI is InChI=1S/C18H15F5N4O2/c1-9-12(10(2)27-17(24-9)25-16(26-27)18(21,22)23)6-7-14(28)29-8-11-4-3-5-13(19)15(11)20/h3-5H,6-8H2,1-2H3. The minimum atomic E-state index is -4.70. The molecule has 0 unspecified atom stereocenters. The van der Waals surface area contributed by atoms with E-state index < -0.39 is 36.2 Å². The van der Waals surface area contributed by atoms with Crippen LogP contribution in [0.25, 0.3) is 5.78 Å². The highest BCUT2D eigenvalue weighted by Crippen LogP contribution is 2.27. The van der Waals surface area contributed by atoms with Crippen molar-refractivity contribution in [3.8, 4) is 0 Å². The molecule has 0 amide bonds. The Kier molecular flexibility index (Phi) is 5.49. The fourth-order valence-electron chi connectivity index (χ4n) is 2.81. The number of aryl methyl sites for hydroxylation is 2. The van der Waals surface area contributed by atoms with Crippen LogP contribution >= 0.6 is 0 Å². The molecule has 6 nitrogen and oxygen atoms in total. The van der Waals surface area contributed by atoms with Crippen molar-refractivity contribution in [1.82, 2.24) is 19.6 Å². The third-order valence-corrected chi connectivity index (χ3v) is 4.30. The largest absolute Gasteiger partial charge is 0.461 e. The Hall–Kier alpha value is -3.11. The zero-order valence-electron chi connectivity index (χ0n) is 15.3. The molecule has 29 heavy (non-hydrogen) atoms. The monoisotopic (exact) mass is 414 g/mol. The van der Waals surface area contributed by atoms with Crippen LogP contribution < -0.4 is 0 Å². The number of halogens is 5. The number of benzene rings is 1. The van der Waals surface area contributed by atoms with E-state index in [1.807, 2.05) is 0 Å². The van der Waals surface area contributed by atoms with Gasteiger partial charge < -0.3 is 4.74 Å². The number of carbonyl (C=O) groups is 1. The molecule has 2 aromatic heterocycles. The second-order valence-electron chi connectivity index (χ2n) is 6.28. The lowest BCUT2D eigenvalue weighted by molar-refractivity contribution is -0.145. The first-order valence-corrected chi connectivity index (χ1v) is 8.46. The Morgan fingerprint density at radius 1 is 1.17 bits per heavy atom. The third-order valence-electron chi connectivity index (χ3n) is 4.30. The van der Waals surface area contributed by atoms with Gasteiger partial charge in [-0.1, -0.05) is 12.1 Å². The van der Waals surface area contributed by atoms with E-state index in [1.54, 1.807) is 13.8 Å². The maximum absolute atomic E-state index is 13.6. The van der Waals surface area contributed by atoms with Crippen LogP contribution in [0.2, 0.25) is 0 Å². The van der Waals surface area contributed by atoms with Gasteiger partial charge in [0.1, 0.15) is 6.61 Å². The lowest BCUT2D eigenvalue weighted by Crippen LogP contribution is -2.11. The summed E-state index contributed by atoms with van der Waals surface area (Å²) in [6.07, 6.45) is -4.72. The van der Waals surface area contributed by atoms with E-state index in [4.69, 9.17) is 4.74 Å². The highest BCUT2D eigenvalue weighted by Gasteiger charge is 2.37. The Morgan fingerprint density at radius 3 is 2.59 bits per heavy atom. The zero-order chi connectivity index (χ0) is 21.3. The van der Waals surface area contributed by atoms with E-state index >= 15 is 0 Å². The van der Waals surface area contributed by atoms with Gasteiger partial charge >= 0.3 is 12.1 Å². The number of hydrogen-bond acceptors (Lipinski definition) is 5. The SMILES string of the molecule is Cc1nc2nc(C(F)(F)F)nn2c(C)c1CCC(=O)OCc1cccc(F)c1F. The Labute approximate surface area is 161 Å². The van der Waals surface area contributed by atoms with Crippen LogP contribution in [-0.2, 0) is 28.7 Å². The number of ether oxygens (including phenoxy) is 1. The van der Waals surface area contributed by atoms with E-state index in [0.29, 0.717) is 17.0 Å². The summed E-state index contributed by atoms with van der Waals surface area (Å²) >= 11 is 0. The molecule has 0 N–H and O–H groups in total. The van der Waals surface area contributed by atoms with Crippen molar-refractivity contribution in [3.05, 3.63) is 58.2 Å². The van der Waals surface area contributed by atoms with Crippen LogP contribution in [0, 0.1) is 25.5 Å². The fourth-order valence-corrected chi connectivity index (χ4v) is 2.81. The van der Waals surface area contributed by atoms with Gasteiger partial charge in [-0.05, 0) is 31.9 Å². The molecule has 11 heteroatoms. The first-order chi connectivity index (χ1) is 13.6. The molecule has 0 aliphatic heterocycles. The van der Waals surface area contributed by atoms with Gasteiger partial charge in [-0.25, -0.2) is 18.3 Å². The van der Waals surface area contributed by atoms with Crippen LogP contribution in [-0.4, -0.2) is 25.6 Å². The first-order valence-electron chi connectivity index (χ1n) is 8.46. The molecule has 0 bridgehead atoms. The molecule has 2 heterocycles. The Morgan fingerprint density at radius 2 is 1.90 bits per heavy atom. The minimum Gasteiger partial charge on any atom is -0.461 e. The molecule has 0 saturated heterocycles. The molecule has 0 aliphatic carbocycles. The molecule has 0 fully saturated rings. The molecule has 3 rings (SSSR count). The van der Waals surface area contributed by atoms with E-state index in [-0.39, 0.29) is 24.2 Å². The highest BCUT2D eigenvalue weighted by atomic mass is 19.4. The molecular weight excluding hydrogens is 399 g/mol. The normalized spacial score (nSPS) is 11.8. The maximum Gasteiger partial charge on any atom is 0.453 e. The second-order valence-corrected chi connectivity index (χ2v) is 6.28. The predicted molar refractivity (Wildman–Crippen MR) is 89.7 cm³/mol. The van der Waals surface area contributed by atoms with E-state index in [0.717, 1.165) is 10.6 Å². The molecule has 0 saturated carbocycles. The Balaban J connectivity index is 1.71. The van der Waals surface area contributed by atoms with Crippen molar-refractivity contribution >= 4 is 11.7 Å². The summed E-state index contributed by atoms with van der Waals surface area (Å²) in [6.45, 7) is 2.69. The van der Waals surface area contributed by atoms with Crippen LogP contribution in [0.1, 0.15) is 34.8 Å². The summed E-state index contributed by atoms with van der Waals surface area (Å²) in [4.78, 5) is 19.4. The summed E-state index contributed by atoms with van der Waals surface area (Å²) in [5, 5.41) is 3.43. The number of carbonyl (C=O) groups excluding carboxylic acids is 1. The lowest BCUT2D eigenvalue weighted by atomic mass is 10.1. The van der Waals surface area contributed by atoms with Gasteiger partial charge in [0.05, 0.1) is 0 Å². The summed E-state index contributed by atoms with van der Waals surface area (Å²) < 4.78 is 71.1. The van der Waals surface area contributed by atoms with E-state index in [1.165, 1.54) is 12.1 Å². The third kappa shape index (κ3) is 4.33. The average molecular weight is 414 g/mol. The van der Waals surface area contributed by atoms with Crippen LogP contribution in [0.15, 0.2) is 18.2 Å². The van der Waals surface area contributed by atoms with Gasteiger partial charge in [-0.15, -0.1) is 5.10 Å². The second kappa shape index (κ2) is 7.72. The number of nitrogens with zero attached hydrogens (tertiary/aromatic N) is 4. The van der Waals surface area contributed by atoms with Crippen molar-refractivity contribution < 1.29 is 31.5 Å². The summed E-state index contributed by atoms with van der Waals surface area (Å²) in [5.41, 5.74) is 1.18. The van der Waals surface area contributed by atoms with Crippen LogP contribution in [0.5, 0.6) is 0 Å². The number of rotatable bonds is 5. The number of esters is 1. The van der Waals surface area contributed by atoms with E-state index in [2.05, 4.69) is 15.1 Å². The van der Waals surface area contributed by atoms with Crippen molar-refractivity contribution in [2.75, 3.05) is 0 Å². The summed E-state index contributed by atoms with van der Waals surface area (Å²) in [5.74, 6) is -4.31. The van der Waals surface area contributed by atoms with Crippen LogP contribution in [0.3, 0.4) is 0 Å². The first kappa shape index (κ1) is 20.6. The van der Waals surface area contributed by atoms with Gasteiger partial charge in [0.25, 0.3) is 11.6 Å². The predicted octanol–water partition coefficient (Wildman–Crippen LogP) is 3.71. The topological polar surface area (TPSA) is 69.4 Å². The van der Waals surface area contributed by atoms with Crippen LogP contribution in [0.4, 0.5) is 22.0 Å². The van der Waals surface area contributed by atoms with Gasteiger partial charge in [0.2, 0.25) is 0 Å². The molecule has 3 aromatic rings. The summed E-state index contributed by atoms with van der Waals surface area (Å²) in [7, 11) is 0. The van der Waals surface area contributed by atoms with Gasteiger partial charge in [-0.3, -0.25) is 4.79 Å². The fraction of sp³-hybridized carbons (Fsp3) is 0.333. The number of fused-ring (bicyclic) bond motifs is 1. The maximum atomic E-state index is 13.6. The summed E-state index contributed by atoms with van der Waals surface area (Å²) in [6, 6.07) is 3.53.